The van der Waals surface area contributed by atoms with Crippen LogP contribution in [0.2, 0.25) is 0 Å². The Labute approximate surface area is 80.3 Å². The minimum atomic E-state index is -0.149. The molecule has 2 heteroatoms. The lowest BCUT2D eigenvalue weighted by atomic mass is 9.82. The van der Waals surface area contributed by atoms with E-state index in [9.17, 15) is 4.79 Å². The van der Waals surface area contributed by atoms with Gasteiger partial charge in [-0.1, -0.05) is 13.8 Å². The molecule has 0 radical (unpaired) electrons. The zero-order valence-electron chi connectivity index (χ0n) is 8.47. The van der Waals surface area contributed by atoms with E-state index >= 15 is 0 Å². The molecular formula is C11H17NO. The largest absolute Gasteiger partial charge is 0.331 e. The van der Waals surface area contributed by atoms with Gasteiger partial charge in [-0.25, -0.2) is 0 Å². The summed E-state index contributed by atoms with van der Waals surface area (Å²) in [5.74, 6) is 2.03. The molecule has 1 rings (SSSR count). The molecule has 0 aromatic rings. The van der Waals surface area contributed by atoms with E-state index in [0.29, 0.717) is 5.41 Å². The van der Waals surface area contributed by atoms with E-state index in [0.717, 1.165) is 32.4 Å². The van der Waals surface area contributed by atoms with Crippen molar-refractivity contribution in [1.29, 1.82) is 0 Å². The molecule has 13 heavy (non-hydrogen) atoms. The minimum Gasteiger partial charge on any atom is -0.331 e. The number of carbonyl (C=O) groups excluding carboxylic acids is 1. The average Bonchev–Trinajstić information content (AvgIpc) is 2.61. The van der Waals surface area contributed by atoms with Crippen molar-refractivity contribution in [2.75, 3.05) is 13.1 Å². The van der Waals surface area contributed by atoms with Gasteiger partial charge in [-0.15, -0.1) is 6.42 Å². The number of terminal acetylenes is 1. The number of amides is 1. The quantitative estimate of drug-likeness (QED) is 0.590. The molecule has 0 saturated carbocycles. The molecule has 1 aliphatic heterocycles. The molecule has 0 aromatic carbocycles. The van der Waals surface area contributed by atoms with Crippen molar-refractivity contribution >= 4 is 5.91 Å². The van der Waals surface area contributed by atoms with Gasteiger partial charge in [-0.2, -0.15) is 0 Å². The topological polar surface area (TPSA) is 20.3 Å². The lowest BCUT2D eigenvalue weighted by molar-refractivity contribution is -0.124. The first kappa shape index (κ1) is 10.1. The van der Waals surface area contributed by atoms with Gasteiger partial charge in [-0.3, -0.25) is 4.79 Å². The third kappa shape index (κ3) is 1.85. The molecule has 2 nitrogen and oxygen atoms in total. The summed E-state index contributed by atoms with van der Waals surface area (Å²) >= 11 is 0. The maximum absolute atomic E-state index is 11.2. The Bertz CT molecular complexity index is 235. The third-order valence-corrected chi connectivity index (χ3v) is 3.35. The number of rotatable bonds is 2. The molecule has 0 atom stereocenters. The second-order valence-corrected chi connectivity index (χ2v) is 3.83. The molecule has 1 saturated heterocycles. The molecule has 1 amide bonds. The van der Waals surface area contributed by atoms with Crippen LogP contribution in [-0.2, 0) is 4.79 Å². The third-order valence-electron chi connectivity index (χ3n) is 3.35. The summed E-state index contributed by atoms with van der Waals surface area (Å²) in [6.07, 6.45) is 8.46. The van der Waals surface area contributed by atoms with Gasteiger partial charge < -0.3 is 4.90 Å². The van der Waals surface area contributed by atoms with Crippen LogP contribution in [0.1, 0.15) is 33.1 Å². The van der Waals surface area contributed by atoms with Crippen molar-refractivity contribution in [3.8, 4) is 12.3 Å². The number of carbonyl (C=O) groups is 1. The van der Waals surface area contributed by atoms with Crippen LogP contribution in [0.5, 0.6) is 0 Å². The van der Waals surface area contributed by atoms with E-state index < -0.39 is 0 Å². The van der Waals surface area contributed by atoms with Gasteiger partial charge >= 0.3 is 0 Å². The van der Waals surface area contributed by atoms with Crippen LogP contribution < -0.4 is 0 Å². The second-order valence-electron chi connectivity index (χ2n) is 3.83. The number of hydrogen-bond acceptors (Lipinski definition) is 1. The molecule has 1 heterocycles. The summed E-state index contributed by atoms with van der Waals surface area (Å²) in [5.41, 5.74) is 0.340. The summed E-state index contributed by atoms with van der Waals surface area (Å²) in [7, 11) is 0. The van der Waals surface area contributed by atoms with Gasteiger partial charge in [-0.05, 0) is 30.6 Å². The highest BCUT2D eigenvalue weighted by Gasteiger charge is 2.36. The first-order chi connectivity index (χ1) is 6.17. The molecule has 0 aromatic heterocycles. The van der Waals surface area contributed by atoms with Crippen LogP contribution in [0.25, 0.3) is 0 Å². The van der Waals surface area contributed by atoms with E-state index in [1.807, 2.05) is 0 Å². The van der Waals surface area contributed by atoms with Gasteiger partial charge in [0.15, 0.2) is 0 Å². The second kappa shape index (κ2) is 3.83. The summed E-state index contributed by atoms with van der Waals surface area (Å²) < 4.78 is 0. The van der Waals surface area contributed by atoms with Crippen LogP contribution in [-0.4, -0.2) is 23.9 Å². The number of likely N-dealkylation sites (tertiary alicyclic amines) is 1. The Morgan fingerprint density at radius 1 is 1.54 bits per heavy atom. The lowest BCUT2D eigenvalue weighted by Crippen LogP contribution is -2.30. The molecule has 72 valence electrons. The van der Waals surface area contributed by atoms with Crippen LogP contribution in [0.3, 0.4) is 0 Å². The maximum Gasteiger partial charge on any atom is 0.298 e. The molecule has 1 fully saturated rings. The molecule has 1 aliphatic rings. The Morgan fingerprint density at radius 3 is 2.54 bits per heavy atom. The predicted molar refractivity (Wildman–Crippen MR) is 53.0 cm³/mol. The zero-order chi connectivity index (χ0) is 9.90. The first-order valence-electron chi connectivity index (χ1n) is 4.93. The highest BCUT2D eigenvalue weighted by Crippen LogP contribution is 2.36. The fourth-order valence-corrected chi connectivity index (χ4v) is 2.03. The van der Waals surface area contributed by atoms with E-state index in [2.05, 4.69) is 19.8 Å². The summed E-state index contributed by atoms with van der Waals surface area (Å²) in [6.45, 7) is 6.06. The molecule has 0 aliphatic carbocycles. The van der Waals surface area contributed by atoms with E-state index in [-0.39, 0.29) is 5.91 Å². The zero-order valence-corrected chi connectivity index (χ0v) is 8.47. The van der Waals surface area contributed by atoms with Crippen molar-refractivity contribution < 1.29 is 4.79 Å². The lowest BCUT2D eigenvalue weighted by Gasteiger charge is -2.25. The van der Waals surface area contributed by atoms with Crippen LogP contribution in [0.15, 0.2) is 0 Å². The Kier molecular flexibility index (Phi) is 2.98. The fraction of sp³-hybridized carbons (Fsp3) is 0.727. The smallest absolute Gasteiger partial charge is 0.298 e. The van der Waals surface area contributed by atoms with Gasteiger partial charge in [0.25, 0.3) is 5.91 Å². The Hall–Kier alpha value is -0.970. The normalized spacial score (nSPS) is 19.9. The highest BCUT2D eigenvalue weighted by molar-refractivity contribution is 5.93. The average molecular weight is 179 g/mol. The Morgan fingerprint density at radius 2 is 2.15 bits per heavy atom. The SMILES string of the molecule is C#CC(=O)N1CCC(CC)(CC)C1. The van der Waals surface area contributed by atoms with Gasteiger partial charge in [0.2, 0.25) is 0 Å². The van der Waals surface area contributed by atoms with Crippen molar-refractivity contribution in [1.82, 2.24) is 4.90 Å². The van der Waals surface area contributed by atoms with Crippen molar-refractivity contribution in [3.05, 3.63) is 0 Å². The summed E-state index contributed by atoms with van der Waals surface area (Å²) in [4.78, 5) is 13.0. The van der Waals surface area contributed by atoms with Crippen LogP contribution in [0, 0.1) is 17.8 Å². The molecule has 0 unspecified atom stereocenters. The van der Waals surface area contributed by atoms with Gasteiger partial charge in [0.05, 0.1) is 0 Å². The molecule has 0 bridgehead atoms. The number of hydrogen-bond donors (Lipinski definition) is 0. The first-order valence-corrected chi connectivity index (χ1v) is 4.93. The monoisotopic (exact) mass is 179 g/mol. The van der Waals surface area contributed by atoms with E-state index in [1.165, 1.54) is 0 Å². The molecular weight excluding hydrogens is 162 g/mol. The van der Waals surface area contributed by atoms with Crippen molar-refractivity contribution in [2.45, 2.75) is 33.1 Å². The van der Waals surface area contributed by atoms with Gasteiger partial charge in [0.1, 0.15) is 0 Å². The van der Waals surface area contributed by atoms with Crippen molar-refractivity contribution in [3.63, 3.8) is 0 Å². The minimum absolute atomic E-state index is 0.149. The highest BCUT2D eigenvalue weighted by atomic mass is 16.2. The van der Waals surface area contributed by atoms with Crippen molar-refractivity contribution in [2.24, 2.45) is 5.41 Å². The van der Waals surface area contributed by atoms with E-state index in [4.69, 9.17) is 6.42 Å². The maximum atomic E-state index is 11.2. The van der Waals surface area contributed by atoms with E-state index in [1.54, 1.807) is 4.90 Å². The summed E-state index contributed by atoms with van der Waals surface area (Å²) in [6, 6.07) is 0. The predicted octanol–water partition coefficient (Wildman–Crippen LogP) is 1.66. The van der Waals surface area contributed by atoms with Gasteiger partial charge in [0, 0.05) is 13.1 Å². The van der Waals surface area contributed by atoms with Crippen LogP contribution >= 0.6 is 0 Å². The molecule has 0 N–H and O–H groups in total. The van der Waals surface area contributed by atoms with Crippen LogP contribution in [0.4, 0.5) is 0 Å². The summed E-state index contributed by atoms with van der Waals surface area (Å²) in [5, 5.41) is 0. The molecule has 0 spiro atoms. The fourth-order valence-electron chi connectivity index (χ4n) is 2.03. The number of nitrogens with zero attached hydrogens (tertiary/aromatic N) is 1. The Balaban J connectivity index is 2.63. The standard InChI is InChI=1S/C11H17NO/c1-4-10(13)12-8-7-11(5-2,6-3)9-12/h1H,5-9H2,2-3H3.